The number of hydrogen-bond donors (Lipinski definition) is 1. The summed E-state index contributed by atoms with van der Waals surface area (Å²) in [5.41, 5.74) is 7.80. The van der Waals surface area contributed by atoms with Crippen molar-refractivity contribution in [1.29, 1.82) is 0 Å². The van der Waals surface area contributed by atoms with Gasteiger partial charge in [0.2, 0.25) is 0 Å². The molecule has 0 aliphatic carbocycles. The summed E-state index contributed by atoms with van der Waals surface area (Å²) in [5.74, 6) is 0.503. The lowest BCUT2D eigenvalue weighted by atomic mass is 9.92. The Hall–Kier alpha value is -1.58. The van der Waals surface area contributed by atoms with E-state index in [0.29, 0.717) is 30.3 Å². The first kappa shape index (κ1) is 15.8. The summed E-state index contributed by atoms with van der Waals surface area (Å²) in [5, 5.41) is 0.587. The van der Waals surface area contributed by atoms with E-state index in [4.69, 9.17) is 22.1 Å². The van der Waals surface area contributed by atoms with Gasteiger partial charge >= 0.3 is 0 Å². The molecule has 0 heterocycles. The van der Waals surface area contributed by atoms with Gasteiger partial charge in [0.15, 0.2) is 0 Å². The molecule has 2 aromatic rings. The number of benzene rings is 2. The van der Waals surface area contributed by atoms with E-state index >= 15 is 0 Å². The molecule has 2 N–H and O–H groups in total. The molecule has 0 radical (unpaired) electrons. The van der Waals surface area contributed by atoms with E-state index in [0.717, 1.165) is 11.1 Å². The van der Waals surface area contributed by atoms with Crippen LogP contribution in [-0.2, 0) is 6.42 Å². The zero-order valence-corrected chi connectivity index (χ0v) is 12.7. The molecule has 1 unspecified atom stereocenters. The molecule has 0 fully saturated rings. The minimum absolute atomic E-state index is 0.0645. The number of rotatable bonds is 6. The number of ether oxygens (including phenoxy) is 1. The van der Waals surface area contributed by atoms with Crippen LogP contribution in [0, 0.1) is 5.82 Å². The second kappa shape index (κ2) is 7.43. The van der Waals surface area contributed by atoms with E-state index in [1.165, 1.54) is 12.1 Å². The van der Waals surface area contributed by atoms with Gasteiger partial charge in [-0.3, -0.25) is 0 Å². The van der Waals surface area contributed by atoms with Gasteiger partial charge in [-0.25, -0.2) is 4.39 Å². The third-order valence-electron chi connectivity index (χ3n) is 3.38. The van der Waals surface area contributed by atoms with Crippen LogP contribution < -0.4 is 10.5 Å². The first-order chi connectivity index (χ1) is 10.1. The van der Waals surface area contributed by atoms with Crippen LogP contribution in [0.4, 0.5) is 4.39 Å². The summed E-state index contributed by atoms with van der Waals surface area (Å²) in [6, 6.07) is 12.3. The molecular weight excluding hydrogens is 289 g/mol. The van der Waals surface area contributed by atoms with Crippen molar-refractivity contribution in [2.45, 2.75) is 19.3 Å². The second-order valence-corrected chi connectivity index (χ2v) is 5.30. The van der Waals surface area contributed by atoms with Crippen molar-refractivity contribution in [3.8, 4) is 5.75 Å². The summed E-state index contributed by atoms with van der Waals surface area (Å²) in [4.78, 5) is 0. The standard InChI is InChI=1S/C17H19ClFNO/c1-2-21-17-7-6-12(9-16(17)18)8-14(11-20)13-4-3-5-15(19)10-13/h3-7,9-10,14H,2,8,11,20H2,1H3. The molecule has 21 heavy (non-hydrogen) atoms. The van der Waals surface area contributed by atoms with Crippen LogP contribution >= 0.6 is 11.6 Å². The molecule has 2 aromatic carbocycles. The van der Waals surface area contributed by atoms with Crippen molar-refractivity contribution >= 4 is 11.6 Å². The average molecular weight is 308 g/mol. The predicted octanol–water partition coefficient (Wildman–Crippen LogP) is 4.16. The molecule has 0 aromatic heterocycles. The Morgan fingerprint density at radius 3 is 2.67 bits per heavy atom. The van der Waals surface area contributed by atoms with E-state index in [9.17, 15) is 4.39 Å². The molecule has 1 atom stereocenters. The SMILES string of the molecule is CCOc1ccc(CC(CN)c2cccc(F)c2)cc1Cl. The van der Waals surface area contributed by atoms with Crippen LogP contribution in [0.2, 0.25) is 5.02 Å². The molecule has 4 heteroatoms. The average Bonchev–Trinajstić information content (AvgIpc) is 2.47. The van der Waals surface area contributed by atoms with E-state index in [1.807, 2.05) is 31.2 Å². The summed E-state index contributed by atoms with van der Waals surface area (Å²) >= 11 is 6.19. The molecule has 0 saturated heterocycles. The van der Waals surface area contributed by atoms with Gasteiger partial charge in [0, 0.05) is 5.92 Å². The van der Waals surface area contributed by atoms with E-state index < -0.39 is 0 Å². The van der Waals surface area contributed by atoms with Crippen LogP contribution in [-0.4, -0.2) is 13.2 Å². The van der Waals surface area contributed by atoms with Crippen molar-refractivity contribution in [2.75, 3.05) is 13.2 Å². The van der Waals surface area contributed by atoms with Gasteiger partial charge in [0.05, 0.1) is 11.6 Å². The third-order valence-corrected chi connectivity index (χ3v) is 3.68. The summed E-state index contributed by atoms with van der Waals surface area (Å²) in [7, 11) is 0. The lowest BCUT2D eigenvalue weighted by Crippen LogP contribution is -2.15. The maximum Gasteiger partial charge on any atom is 0.137 e. The van der Waals surface area contributed by atoms with E-state index in [2.05, 4.69) is 0 Å². The molecule has 0 spiro atoms. The molecule has 2 rings (SSSR count). The molecule has 0 aliphatic heterocycles. The van der Waals surface area contributed by atoms with Gasteiger partial charge in [-0.1, -0.05) is 29.8 Å². The second-order valence-electron chi connectivity index (χ2n) is 4.89. The number of halogens is 2. The number of nitrogens with two attached hydrogens (primary N) is 1. The largest absolute Gasteiger partial charge is 0.492 e. The molecule has 0 bridgehead atoms. The lowest BCUT2D eigenvalue weighted by molar-refractivity contribution is 0.340. The van der Waals surface area contributed by atoms with Gasteiger partial charge < -0.3 is 10.5 Å². The molecule has 0 saturated carbocycles. The Bertz CT molecular complexity index is 603. The maximum atomic E-state index is 13.3. The van der Waals surface area contributed by atoms with Crippen molar-refractivity contribution in [1.82, 2.24) is 0 Å². The van der Waals surface area contributed by atoms with Crippen molar-refractivity contribution < 1.29 is 9.13 Å². The highest BCUT2D eigenvalue weighted by molar-refractivity contribution is 6.32. The predicted molar refractivity (Wildman–Crippen MR) is 84.5 cm³/mol. The Morgan fingerprint density at radius 2 is 2.05 bits per heavy atom. The highest BCUT2D eigenvalue weighted by atomic mass is 35.5. The van der Waals surface area contributed by atoms with E-state index in [1.54, 1.807) is 6.07 Å². The van der Waals surface area contributed by atoms with Gasteiger partial charge in [-0.05, 0) is 55.3 Å². The monoisotopic (exact) mass is 307 g/mol. The molecular formula is C17H19ClFNO. The Labute approximate surface area is 129 Å². The zero-order chi connectivity index (χ0) is 15.2. The summed E-state index contributed by atoms with van der Waals surface area (Å²) in [6.07, 6.45) is 0.714. The minimum atomic E-state index is -0.240. The van der Waals surface area contributed by atoms with Gasteiger partial charge in [0.1, 0.15) is 11.6 Å². The normalized spacial score (nSPS) is 12.2. The highest BCUT2D eigenvalue weighted by Crippen LogP contribution is 2.28. The molecule has 0 amide bonds. The van der Waals surface area contributed by atoms with Crippen molar-refractivity contribution in [2.24, 2.45) is 5.73 Å². The van der Waals surface area contributed by atoms with Crippen LogP contribution in [0.15, 0.2) is 42.5 Å². The maximum absolute atomic E-state index is 13.3. The molecule has 0 aliphatic rings. The first-order valence-corrected chi connectivity index (χ1v) is 7.38. The van der Waals surface area contributed by atoms with Crippen molar-refractivity contribution in [3.05, 3.63) is 64.4 Å². The summed E-state index contributed by atoms with van der Waals surface area (Å²) < 4.78 is 18.7. The molecule has 112 valence electrons. The third kappa shape index (κ3) is 4.19. The fraction of sp³-hybridized carbons (Fsp3) is 0.294. The fourth-order valence-electron chi connectivity index (χ4n) is 2.33. The first-order valence-electron chi connectivity index (χ1n) is 7.00. The number of hydrogen-bond acceptors (Lipinski definition) is 2. The van der Waals surface area contributed by atoms with Crippen LogP contribution in [0.25, 0.3) is 0 Å². The highest BCUT2D eigenvalue weighted by Gasteiger charge is 2.12. The lowest BCUT2D eigenvalue weighted by Gasteiger charge is -2.16. The quantitative estimate of drug-likeness (QED) is 0.869. The minimum Gasteiger partial charge on any atom is -0.492 e. The van der Waals surface area contributed by atoms with E-state index in [-0.39, 0.29) is 11.7 Å². The Morgan fingerprint density at radius 1 is 1.24 bits per heavy atom. The zero-order valence-electron chi connectivity index (χ0n) is 12.0. The fourth-order valence-corrected chi connectivity index (χ4v) is 2.58. The van der Waals surface area contributed by atoms with Gasteiger partial charge in [-0.15, -0.1) is 0 Å². The van der Waals surface area contributed by atoms with Crippen molar-refractivity contribution in [3.63, 3.8) is 0 Å². The summed E-state index contributed by atoms with van der Waals surface area (Å²) in [6.45, 7) is 2.95. The molecule has 2 nitrogen and oxygen atoms in total. The van der Waals surface area contributed by atoms with Gasteiger partial charge in [0.25, 0.3) is 0 Å². The van der Waals surface area contributed by atoms with Crippen LogP contribution in [0.1, 0.15) is 24.0 Å². The topological polar surface area (TPSA) is 35.2 Å². The smallest absolute Gasteiger partial charge is 0.137 e. The van der Waals surface area contributed by atoms with Crippen LogP contribution in [0.3, 0.4) is 0 Å². The Balaban J connectivity index is 2.17. The van der Waals surface area contributed by atoms with Crippen LogP contribution in [0.5, 0.6) is 5.75 Å². The van der Waals surface area contributed by atoms with Gasteiger partial charge in [-0.2, -0.15) is 0 Å². The Kier molecular flexibility index (Phi) is 5.59.